The minimum absolute atomic E-state index is 0.154. The molecule has 0 spiro atoms. The number of piperidine rings is 1. The number of carbonyl (C=O) groups excluding carboxylic acids is 1. The van der Waals surface area contributed by atoms with E-state index in [0.29, 0.717) is 23.6 Å². The predicted molar refractivity (Wildman–Crippen MR) is 92.7 cm³/mol. The van der Waals surface area contributed by atoms with Crippen molar-refractivity contribution >= 4 is 11.9 Å². The highest BCUT2D eigenvalue weighted by Crippen LogP contribution is 2.41. The van der Waals surface area contributed by atoms with E-state index in [4.69, 9.17) is 9.15 Å². The SMILES string of the molecule is Cc1cc(O)c(C[NH+]2CCCCC2)c2c1C(=O)/C(=C/c1ccco1)O2. The van der Waals surface area contributed by atoms with Crippen molar-refractivity contribution in [2.75, 3.05) is 13.1 Å². The number of phenols is 1. The summed E-state index contributed by atoms with van der Waals surface area (Å²) in [6.07, 6.45) is 6.84. The molecule has 0 radical (unpaired) electrons. The van der Waals surface area contributed by atoms with Gasteiger partial charge in [0.1, 0.15) is 18.1 Å². The summed E-state index contributed by atoms with van der Waals surface area (Å²) in [6.45, 7) is 4.68. The lowest BCUT2D eigenvalue weighted by molar-refractivity contribution is -0.918. The minimum atomic E-state index is -0.154. The molecule has 2 aliphatic heterocycles. The number of ether oxygens (including phenoxy) is 1. The molecule has 0 atom stereocenters. The number of ketones is 1. The number of fused-ring (bicyclic) bond motifs is 1. The smallest absolute Gasteiger partial charge is 0.232 e. The van der Waals surface area contributed by atoms with E-state index in [2.05, 4.69) is 0 Å². The zero-order valence-electron chi connectivity index (χ0n) is 14.3. The number of furan rings is 1. The van der Waals surface area contributed by atoms with Gasteiger partial charge in [-0.05, 0) is 49.9 Å². The van der Waals surface area contributed by atoms with Crippen molar-refractivity contribution in [3.05, 3.63) is 52.7 Å². The van der Waals surface area contributed by atoms with Gasteiger partial charge in [0, 0.05) is 6.08 Å². The van der Waals surface area contributed by atoms with Crippen LogP contribution in [0.4, 0.5) is 0 Å². The van der Waals surface area contributed by atoms with Gasteiger partial charge in [0.05, 0.1) is 30.5 Å². The normalized spacial score (nSPS) is 19.2. The number of allylic oxidation sites excluding steroid dienone is 1. The number of Topliss-reactive ketones (excluding diaryl/α,β-unsaturated/α-hetero) is 1. The van der Waals surface area contributed by atoms with Crippen molar-refractivity contribution in [2.45, 2.75) is 32.7 Å². The number of quaternary nitrogens is 1. The van der Waals surface area contributed by atoms with Crippen LogP contribution in [0.3, 0.4) is 0 Å². The van der Waals surface area contributed by atoms with Gasteiger partial charge in [0.25, 0.3) is 0 Å². The van der Waals surface area contributed by atoms with Crippen molar-refractivity contribution in [3.63, 3.8) is 0 Å². The molecule has 1 fully saturated rings. The number of carbonyl (C=O) groups is 1. The van der Waals surface area contributed by atoms with Gasteiger partial charge in [-0.25, -0.2) is 0 Å². The van der Waals surface area contributed by atoms with E-state index in [9.17, 15) is 9.90 Å². The fraction of sp³-hybridized carbons (Fsp3) is 0.350. The van der Waals surface area contributed by atoms with Gasteiger partial charge in [-0.3, -0.25) is 4.79 Å². The zero-order valence-corrected chi connectivity index (χ0v) is 14.3. The molecule has 1 aromatic heterocycles. The van der Waals surface area contributed by atoms with Crippen molar-refractivity contribution in [2.24, 2.45) is 0 Å². The average molecular weight is 340 g/mol. The molecule has 130 valence electrons. The van der Waals surface area contributed by atoms with Gasteiger partial charge >= 0.3 is 0 Å². The second kappa shape index (κ2) is 6.41. The summed E-state index contributed by atoms with van der Waals surface area (Å²) >= 11 is 0. The second-order valence-corrected chi connectivity index (χ2v) is 6.84. The Kier molecular flexibility index (Phi) is 4.09. The summed E-state index contributed by atoms with van der Waals surface area (Å²) in [6, 6.07) is 5.21. The molecular weight excluding hydrogens is 318 g/mol. The van der Waals surface area contributed by atoms with Crippen LogP contribution in [0, 0.1) is 6.92 Å². The summed E-state index contributed by atoms with van der Waals surface area (Å²) in [5.74, 6) is 1.38. The number of phenolic OH excluding ortho intramolecular Hbond substituents is 1. The van der Waals surface area contributed by atoms with Crippen LogP contribution < -0.4 is 9.64 Å². The van der Waals surface area contributed by atoms with Gasteiger partial charge in [0.2, 0.25) is 5.78 Å². The van der Waals surface area contributed by atoms with Gasteiger partial charge in [-0.1, -0.05) is 0 Å². The van der Waals surface area contributed by atoms with Gasteiger partial charge in [-0.2, -0.15) is 0 Å². The minimum Gasteiger partial charge on any atom is -0.507 e. The third-order valence-electron chi connectivity index (χ3n) is 5.02. The molecule has 0 unspecified atom stereocenters. The van der Waals surface area contributed by atoms with Crippen molar-refractivity contribution in [1.29, 1.82) is 0 Å². The Morgan fingerprint density at radius 2 is 2.08 bits per heavy atom. The van der Waals surface area contributed by atoms with E-state index < -0.39 is 0 Å². The summed E-state index contributed by atoms with van der Waals surface area (Å²) in [5.41, 5.74) is 2.02. The highest BCUT2D eigenvalue weighted by atomic mass is 16.5. The van der Waals surface area contributed by atoms with E-state index in [0.717, 1.165) is 24.2 Å². The van der Waals surface area contributed by atoms with E-state index in [1.54, 1.807) is 30.5 Å². The summed E-state index contributed by atoms with van der Waals surface area (Å²) in [5, 5.41) is 10.5. The molecule has 0 saturated carbocycles. The monoisotopic (exact) mass is 340 g/mol. The molecule has 5 nitrogen and oxygen atoms in total. The molecule has 0 amide bonds. The fourth-order valence-electron chi connectivity index (χ4n) is 3.73. The molecule has 5 heteroatoms. The van der Waals surface area contributed by atoms with E-state index in [-0.39, 0.29) is 17.3 Å². The number of benzene rings is 1. The second-order valence-electron chi connectivity index (χ2n) is 6.84. The van der Waals surface area contributed by atoms with Crippen LogP contribution >= 0.6 is 0 Å². The maximum Gasteiger partial charge on any atom is 0.232 e. The fourth-order valence-corrected chi connectivity index (χ4v) is 3.73. The quantitative estimate of drug-likeness (QED) is 0.843. The lowest BCUT2D eigenvalue weighted by Gasteiger charge is -2.24. The molecule has 3 heterocycles. The number of aromatic hydroxyl groups is 1. The van der Waals surface area contributed by atoms with Gasteiger partial charge in [0.15, 0.2) is 11.5 Å². The Morgan fingerprint density at radius 3 is 2.80 bits per heavy atom. The Morgan fingerprint density at radius 1 is 1.28 bits per heavy atom. The molecule has 0 bridgehead atoms. The molecule has 2 aliphatic rings. The number of hydrogen-bond donors (Lipinski definition) is 2. The maximum atomic E-state index is 12.8. The van der Waals surface area contributed by atoms with Crippen molar-refractivity contribution in [1.82, 2.24) is 0 Å². The number of aryl methyl sites for hydroxylation is 1. The number of nitrogens with one attached hydrogen (secondary N) is 1. The number of rotatable bonds is 3. The Bertz CT molecular complexity index is 830. The molecule has 2 N–H and O–H groups in total. The third-order valence-corrected chi connectivity index (χ3v) is 5.02. The van der Waals surface area contributed by atoms with Gasteiger partial charge < -0.3 is 19.2 Å². The number of likely N-dealkylation sites (tertiary alicyclic amines) is 1. The molecule has 25 heavy (non-hydrogen) atoms. The van der Waals surface area contributed by atoms with E-state index in [1.807, 2.05) is 6.92 Å². The van der Waals surface area contributed by atoms with Crippen LogP contribution in [0.15, 0.2) is 34.6 Å². The summed E-state index contributed by atoms with van der Waals surface area (Å²) in [4.78, 5) is 14.2. The summed E-state index contributed by atoms with van der Waals surface area (Å²) < 4.78 is 11.2. The van der Waals surface area contributed by atoms with Crippen LogP contribution in [0.2, 0.25) is 0 Å². The highest BCUT2D eigenvalue weighted by molar-refractivity contribution is 6.15. The third kappa shape index (κ3) is 2.96. The van der Waals surface area contributed by atoms with Crippen LogP contribution in [-0.2, 0) is 6.54 Å². The first-order chi connectivity index (χ1) is 12.1. The van der Waals surface area contributed by atoms with E-state index in [1.165, 1.54) is 24.2 Å². The maximum absolute atomic E-state index is 12.8. The van der Waals surface area contributed by atoms with Gasteiger partial charge in [-0.15, -0.1) is 0 Å². The van der Waals surface area contributed by atoms with Crippen LogP contribution in [0.1, 0.15) is 46.5 Å². The molecule has 1 aromatic carbocycles. The molecule has 1 saturated heterocycles. The first kappa shape index (κ1) is 16.0. The largest absolute Gasteiger partial charge is 0.507 e. The van der Waals surface area contributed by atoms with Crippen LogP contribution in [0.25, 0.3) is 6.08 Å². The molecule has 2 aromatic rings. The molecule has 0 aliphatic carbocycles. The highest BCUT2D eigenvalue weighted by Gasteiger charge is 2.34. The van der Waals surface area contributed by atoms with Crippen molar-refractivity contribution < 1.29 is 24.0 Å². The van der Waals surface area contributed by atoms with Crippen LogP contribution in [-0.4, -0.2) is 24.0 Å². The zero-order chi connectivity index (χ0) is 17.4. The van der Waals surface area contributed by atoms with E-state index >= 15 is 0 Å². The first-order valence-electron chi connectivity index (χ1n) is 8.80. The predicted octanol–water partition coefficient (Wildman–Crippen LogP) is 2.48. The summed E-state index contributed by atoms with van der Waals surface area (Å²) in [7, 11) is 0. The van der Waals surface area contributed by atoms with Crippen LogP contribution in [0.5, 0.6) is 11.5 Å². The number of hydrogen-bond acceptors (Lipinski definition) is 4. The Hall–Kier alpha value is -2.53. The Labute approximate surface area is 146 Å². The average Bonchev–Trinajstić information content (AvgIpc) is 3.22. The molecular formula is C20H22NO4+. The topological polar surface area (TPSA) is 64.1 Å². The molecule has 4 rings (SSSR count). The Balaban J connectivity index is 1.71. The first-order valence-corrected chi connectivity index (χ1v) is 8.80. The van der Waals surface area contributed by atoms with Crippen molar-refractivity contribution in [3.8, 4) is 11.5 Å². The standard InChI is InChI=1S/C20H21NO4/c1-13-10-16(22)15(12-21-7-3-2-4-8-21)20-18(13)19(23)17(25-20)11-14-6-5-9-24-14/h5-6,9-11,22H,2-4,7-8,12H2,1H3/p+1/b17-11-. The lowest BCUT2D eigenvalue weighted by atomic mass is 9.99. The lowest BCUT2D eigenvalue weighted by Crippen LogP contribution is -3.11.